The van der Waals surface area contributed by atoms with Gasteiger partial charge in [-0.25, -0.2) is 4.39 Å². The predicted octanol–water partition coefficient (Wildman–Crippen LogP) is 5.10. The fourth-order valence-electron chi connectivity index (χ4n) is 4.17. The summed E-state index contributed by atoms with van der Waals surface area (Å²) in [6.45, 7) is 0.243. The fraction of sp³-hybridized carbons (Fsp3) is 0.250. The fourth-order valence-corrected chi connectivity index (χ4v) is 5.04. The number of halogens is 4. The van der Waals surface area contributed by atoms with Crippen molar-refractivity contribution >= 4 is 46.5 Å². The molecular weight excluding hydrogens is 504 g/mol. The van der Waals surface area contributed by atoms with E-state index in [1.54, 1.807) is 18.2 Å². The van der Waals surface area contributed by atoms with E-state index in [2.05, 4.69) is 15.3 Å². The van der Waals surface area contributed by atoms with Crippen molar-refractivity contribution in [2.75, 3.05) is 6.54 Å². The Hall–Kier alpha value is -2.58. The van der Waals surface area contributed by atoms with Crippen LogP contribution in [0.1, 0.15) is 34.8 Å². The van der Waals surface area contributed by atoms with Gasteiger partial charge >= 0.3 is 0 Å². The highest BCUT2D eigenvalue weighted by molar-refractivity contribution is 6.37. The first-order valence-electron chi connectivity index (χ1n) is 10.5. The molecule has 1 fully saturated rings. The van der Waals surface area contributed by atoms with Gasteiger partial charge in [-0.1, -0.05) is 40.9 Å². The van der Waals surface area contributed by atoms with Crippen molar-refractivity contribution in [2.45, 2.75) is 24.9 Å². The summed E-state index contributed by atoms with van der Waals surface area (Å²) in [4.78, 5) is 33.2. The molecule has 0 saturated heterocycles. The molecule has 3 unspecified atom stereocenters. The van der Waals surface area contributed by atoms with Crippen LogP contribution in [-0.2, 0) is 4.79 Å². The van der Waals surface area contributed by atoms with Gasteiger partial charge in [0.25, 0.3) is 5.91 Å². The molecule has 2 aromatic heterocycles. The van der Waals surface area contributed by atoms with E-state index in [4.69, 9.17) is 34.8 Å². The lowest BCUT2D eigenvalue weighted by Gasteiger charge is -2.18. The van der Waals surface area contributed by atoms with Crippen molar-refractivity contribution in [3.05, 3.63) is 80.9 Å². The van der Waals surface area contributed by atoms with Crippen LogP contribution in [0.15, 0.2) is 48.8 Å². The van der Waals surface area contributed by atoms with Gasteiger partial charge in [0.05, 0.1) is 17.0 Å². The van der Waals surface area contributed by atoms with E-state index in [1.807, 2.05) is 0 Å². The van der Waals surface area contributed by atoms with Crippen LogP contribution in [0.4, 0.5) is 4.39 Å². The molecule has 1 amide bonds. The highest BCUT2D eigenvalue weighted by Gasteiger charge is 2.43. The zero-order valence-corrected chi connectivity index (χ0v) is 19.9. The lowest BCUT2D eigenvalue weighted by molar-refractivity contribution is -0.122. The third-order valence-corrected chi connectivity index (χ3v) is 6.60. The van der Waals surface area contributed by atoms with Crippen LogP contribution in [-0.4, -0.2) is 39.4 Å². The molecule has 6 nitrogen and oxygen atoms in total. The maximum absolute atomic E-state index is 14.3. The van der Waals surface area contributed by atoms with Gasteiger partial charge in [0.1, 0.15) is 17.2 Å². The number of aromatic nitrogens is 2. The van der Waals surface area contributed by atoms with Crippen LogP contribution < -0.4 is 5.32 Å². The van der Waals surface area contributed by atoms with Gasteiger partial charge in [-0.2, -0.15) is 0 Å². The summed E-state index contributed by atoms with van der Waals surface area (Å²) in [6.07, 6.45) is 2.39. The van der Waals surface area contributed by atoms with Gasteiger partial charge in [-0.3, -0.25) is 19.6 Å². The summed E-state index contributed by atoms with van der Waals surface area (Å²) in [5.74, 6) is -2.60. The lowest BCUT2D eigenvalue weighted by atomic mass is 9.91. The number of nitrogens with one attached hydrogen (secondary N) is 1. The van der Waals surface area contributed by atoms with Crippen molar-refractivity contribution in [1.82, 2.24) is 15.3 Å². The summed E-state index contributed by atoms with van der Waals surface area (Å²) in [5.41, 5.74) is 0.906. The first kappa shape index (κ1) is 24.5. The van der Waals surface area contributed by atoms with Gasteiger partial charge in [0.2, 0.25) is 0 Å². The number of benzene rings is 1. The average Bonchev–Trinajstić information content (AvgIpc) is 3.07. The molecule has 2 N–H and O–H groups in total. The highest BCUT2D eigenvalue weighted by atomic mass is 35.5. The topological polar surface area (TPSA) is 92.2 Å². The molecule has 1 saturated carbocycles. The summed E-state index contributed by atoms with van der Waals surface area (Å²) in [6, 6.07) is 9.06. The molecule has 1 aliphatic carbocycles. The number of hydrogen-bond acceptors (Lipinski definition) is 5. The van der Waals surface area contributed by atoms with E-state index in [9.17, 15) is 19.1 Å². The Balaban J connectivity index is 1.48. The Kier molecular flexibility index (Phi) is 7.48. The van der Waals surface area contributed by atoms with E-state index >= 15 is 0 Å². The number of aliphatic hydroxyl groups excluding tert-OH is 1. The van der Waals surface area contributed by atoms with Gasteiger partial charge in [0, 0.05) is 46.0 Å². The molecule has 176 valence electrons. The monoisotopic (exact) mass is 521 g/mol. The molecule has 1 aliphatic rings. The Bertz CT molecular complexity index is 1220. The van der Waals surface area contributed by atoms with Crippen LogP contribution in [0, 0.1) is 11.7 Å². The normalized spacial score (nSPS) is 19.9. The molecule has 3 aromatic rings. The largest absolute Gasteiger partial charge is 0.392 e. The van der Waals surface area contributed by atoms with E-state index in [0.29, 0.717) is 17.5 Å². The van der Waals surface area contributed by atoms with Crippen molar-refractivity contribution in [2.24, 2.45) is 5.92 Å². The molecule has 34 heavy (non-hydrogen) atoms. The Morgan fingerprint density at radius 2 is 1.88 bits per heavy atom. The number of carbonyl (C=O) groups excluding carboxylic acids is 2. The van der Waals surface area contributed by atoms with Crippen LogP contribution in [0.5, 0.6) is 0 Å². The lowest BCUT2D eigenvalue weighted by Crippen LogP contribution is -2.27. The molecule has 10 heteroatoms. The Labute approximate surface area is 210 Å². The van der Waals surface area contributed by atoms with Crippen molar-refractivity contribution in [3.63, 3.8) is 0 Å². The third-order valence-electron chi connectivity index (χ3n) is 5.77. The minimum absolute atomic E-state index is 0.0135. The summed E-state index contributed by atoms with van der Waals surface area (Å²) in [5, 5.41) is 13.8. The molecule has 0 aliphatic heterocycles. The molecule has 4 rings (SSSR count). The number of rotatable bonds is 6. The summed E-state index contributed by atoms with van der Waals surface area (Å²) >= 11 is 18.7. The summed E-state index contributed by atoms with van der Waals surface area (Å²) < 4.78 is 14.3. The number of aliphatic hydroxyl groups is 1. The molecule has 0 spiro atoms. The number of nitrogens with zero attached hydrogens (tertiary/aromatic N) is 2. The van der Waals surface area contributed by atoms with Crippen LogP contribution in [0.3, 0.4) is 0 Å². The molecule has 0 bridgehead atoms. The third kappa shape index (κ3) is 5.08. The average molecular weight is 523 g/mol. The van der Waals surface area contributed by atoms with Gasteiger partial charge in [-0.05, 0) is 43.2 Å². The molecule has 3 atom stereocenters. The van der Waals surface area contributed by atoms with Gasteiger partial charge < -0.3 is 10.4 Å². The SMILES string of the molecule is O=C(NCCC1CC(O)C(c2c(Cl)cc(-c3ncc(Cl)cc3F)cc2Cl)C1=O)c1ccccn1. The van der Waals surface area contributed by atoms with E-state index in [-0.39, 0.29) is 51.1 Å². The second kappa shape index (κ2) is 10.4. The standard InChI is InChI=1S/C24H19Cl3FN3O3/c25-14-10-17(28)22(31-11-14)13-7-15(26)20(16(27)8-13)21-19(32)9-12(23(21)33)4-6-30-24(34)18-3-1-2-5-29-18/h1-3,5,7-8,10-12,19,21,32H,4,6,9H2,(H,30,34). The first-order chi connectivity index (χ1) is 16.3. The maximum Gasteiger partial charge on any atom is 0.269 e. The highest BCUT2D eigenvalue weighted by Crippen LogP contribution is 2.44. The van der Waals surface area contributed by atoms with Crippen LogP contribution >= 0.6 is 34.8 Å². The second-order valence-electron chi connectivity index (χ2n) is 7.98. The van der Waals surface area contributed by atoms with Gasteiger partial charge in [-0.15, -0.1) is 0 Å². The zero-order chi connectivity index (χ0) is 24.4. The van der Waals surface area contributed by atoms with Crippen LogP contribution in [0.25, 0.3) is 11.3 Å². The van der Waals surface area contributed by atoms with Crippen molar-refractivity contribution in [1.29, 1.82) is 0 Å². The minimum Gasteiger partial charge on any atom is -0.392 e. The quantitative estimate of drug-likeness (QED) is 0.470. The zero-order valence-electron chi connectivity index (χ0n) is 17.6. The second-order valence-corrected chi connectivity index (χ2v) is 9.23. The molecule has 2 heterocycles. The number of ketones is 1. The molecule has 0 radical (unpaired) electrons. The van der Waals surface area contributed by atoms with E-state index < -0.39 is 23.8 Å². The predicted molar refractivity (Wildman–Crippen MR) is 128 cm³/mol. The van der Waals surface area contributed by atoms with Crippen molar-refractivity contribution in [3.8, 4) is 11.3 Å². The smallest absolute Gasteiger partial charge is 0.269 e. The molecular formula is C24H19Cl3FN3O3. The van der Waals surface area contributed by atoms with Crippen LogP contribution in [0.2, 0.25) is 15.1 Å². The molecule has 1 aromatic carbocycles. The number of hydrogen-bond donors (Lipinski definition) is 2. The summed E-state index contributed by atoms with van der Waals surface area (Å²) in [7, 11) is 0. The number of carbonyl (C=O) groups is 2. The van der Waals surface area contributed by atoms with Gasteiger partial charge in [0.15, 0.2) is 5.82 Å². The first-order valence-corrected chi connectivity index (χ1v) is 11.6. The number of Topliss-reactive ketones (excluding diaryl/α,β-unsaturated/α-hetero) is 1. The Morgan fingerprint density at radius 3 is 2.53 bits per heavy atom. The number of pyridine rings is 2. The maximum atomic E-state index is 14.3. The minimum atomic E-state index is -0.991. The van der Waals surface area contributed by atoms with Crippen molar-refractivity contribution < 1.29 is 19.1 Å². The van der Waals surface area contributed by atoms with E-state index in [1.165, 1.54) is 24.5 Å². The number of amides is 1. The Morgan fingerprint density at radius 1 is 1.15 bits per heavy atom. The van der Waals surface area contributed by atoms with E-state index in [0.717, 1.165) is 6.07 Å².